The van der Waals surface area contributed by atoms with Crippen LogP contribution in [0.15, 0.2) is 24.3 Å². The number of nitrogens with zero attached hydrogens (tertiary/aromatic N) is 1. The second kappa shape index (κ2) is 5.65. The number of carbonyl (C=O) groups is 3. The first kappa shape index (κ1) is 16.5. The SMILES string of the molecule is Cc1ccc(C(=O)CN2C(=O)NC3(CCC(F)(F)CC3)C2=O)cc1. The van der Waals surface area contributed by atoms with E-state index in [0.29, 0.717) is 5.56 Å². The Bertz CT molecular complexity index is 690. The van der Waals surface area contributed by atoms with Gasteiger partial charge in [0.2, 0.25) is 5.92 Å². The summed E-state index contributed by atoms with van der Waals surface area (Å²) < 4.78 is 26.7. The maximum atomic E-state index is 13.3. The molecule has 2 aliphatic rings. The number of amides is 3. The van der Waals surface area contributed by atoms with Gasteiger partial charge in [-0.1, -0.05) is 29.8 Å². The number of imide groups is 1. The Morgan fingerprint density at radius 2 is 1.71 bits per heavy atom. The molecule has 3 rings (SSSR count). The lowest BCUT2D eigenvalue weighted by molar-refractivity contribution is -0.135. The summed E-state index contributed by atoms with van der Waals surface area (Å²) in [5, 5.41) is 2.52. The summed E-state index contributed by atoms with van der Waals surface area (Å²) in [4.78, 5) is 37.8. The molecule has 1 saturated carbocycles. The highest BCUT2D eigenvalue weighted by Gasteiger charge is 2.55. The molecule has 1 aromatic rings. The summed E-state index contributed by atoms with van der Waals surface area (Å²) in [5.41, 5.74) is 0.104. The van der Waals surface area contributed by atoms with Crippen molar-refractivity contribution in [3.63, 3.8) is 0 Å². The smallest absolute Gasteiger partial charge is 0.323 e. The number of hydrogen-bond donors (Lipinski definition) is 1. The summed E-state index contributed by atoms with van der Waals surface area (Å²) in [6.45, 7) is 1.50. The van der Waals surface area contributed by atoms with Gasteiger partial charge in [-0.05, 0) is 19.8 Å². The van der Waals surface area contributed by atoms with Crippen molar-refractivity contribution in [3.05, 3.63) is 35.4 Å². The van der Waals surface area contributed by atoms with E-state index in [-0.39, 0.29) is 25.2 Å². The Kier molecular flexibility index (Phi) is 3.89. The van der Waals surface area contributed by atoms with Crippen LogP contribution < -0.4 is 5.32 Å². The Morgan fingerprint density at radius 1 is 1.12 bits per heavy atom. The van der Waals surface area contributed by atoms with E-state index < -0.39 is 36.2 Å². The van der Waals surface area contributed by atoms with E-state index in [0.717, 1.165) is 10.5 Å². The van der Waals surface area contributed by atoms with Crippen molar-refractivity contribution in [1.29, 1.82) is 0 Å². The summed E-state index contributed by atoms with van der Waals surface area (Å²) >= 11 is 0. The van der Waals surface area contributed by atoms with Crippen LogP contribution in [0.2, 0.25) is 0 Å². The Hall–Kier alpha value is -2.31. The Morgan fingerprint density at radius 3 is 2.29 bits per heavy atom. The summed E-state index contributed by atoms with van der Waals surface area (Å²) in [6.07, 6.45) is -1.11. The van der Waals surface area contributed by atoms with Crippen LogP contribution in [0.1, 0.15) is 41.6 Å². The Balaban J connectivity index is 1.73. The lowest BCUT2D eigenvalue weighted by atomic mass is 9.80. The predicted octanol–water partition coefficient (Wildman–Crippen LogP) is 2.68. The highest BCUT2D eigenvalue weighted by atomic mass is 19.3. The van der Waals surface area contributed by atoms with Crippen LogP contribution in [0.3, 0.4) is 0 Å². The number of halogens is 2. The summed E-state index contributed by atoms with van der Waals surface area (Å²) in [7, 11) is 0. The number of alkyl halides is 2. The first-order valence-electron chi connectivity index (χ1n) is 7.84. The number of urea groups is 1. The second-order valence-corrected chi connectivity index (χ2v) is 6.55. The highest BCUT2D eigenvalue weighted by molar-refractivity contribution is 6.11. The van der Waals surface area contributed by atoms with Crippen molar-refractivity contribution in [2.75, 3.05) is 6.54 Å². The lowest BCUT2D eigenvalue weighted by Crippen LogP contribution is -2.51. The van der Waals surface area contributed by atoms with E-state index in [9.17, 15) is 23.2 Å². The number of benzene rings is 1. The fourth-order valence-corrected chi connectivity index (χ4v) is 3.18. The molecule has 24 heavy (non-hydrogen) atoms. The van der Waals surface area contributed by atoms with Crippen LogP contribution in [0.4, 0.5) is 13.6 Å². The van der Waals surface area contributed by atoms with E-state index >= 15 is 0 Å². The zero-order valence-corrected chi connectivity index (χ0v) is 13.3. The van der Waals surface area contributed by atoms with Gasteiger partial charge >= 0.3 is 6.03 Å². The van der Waals surface area contributed by atoms with Gasteiger partial charge in [0.25, 0.3) is 5.91 Å². The third kappa shape index (κ3) is 2.90. The van der Waals surface area contributed by atoms with Crippen molar-refractivity contribution in [1.82, 2.24) is 10.2 Å². The minimum Gasteiger partial charge on any atom is -0.323 e. The molecule has 2 fully saturated rings. The maximum Gasteiger partial charge on any atom is 0.325 e. The first-order valence-corrected chi connectivity index (χ1v) is 7.84. The molecule has 0 unspecified atom stereocenters. The number of nitrogens with one attached hydrogen (secondary N) is 1. The standard InChI is InChI=1S/C17H18F2N2O3/c1-11-2-4-12(5-3-11)13(22)10-21-14(23)16(20-15(21)24)6-8-17(18,19)9-7-16/h2-5H,6-10H2,1H3,(H,20,24). The third-order valence-corrected chi connectivity index (χ3v) is 4.76. The van der Waals surface area contributed by atoms with Crippen LogP contribution in [0, 0.1) is 6.92 Å². The summed E-state index contributed by atoms with van der Waals surface area (Å²) in [5.74, 6) is -3.75. The monoisotopic (exact) mass is 336 g/mol. The topological polar surface area (TPSA) is 66.5 Å². The molecule has 0 atom stereocenters. The van der Waals surface area contributed by atoms with E-state index in [2.05, 4.69) is 5.32 Å². The van der Waals surface area contributed by atoms with E-state index in [1.54, 1.807) is 24.3 Å². The molecule has 0 bridgehead atoms. The largest absolute Gasteiger partial charge is 0.325 e. The number of hydrogen-bond acceptors (Lipinski definition) is 3. The number of carbonyl (C=O) groups excluding carboxylic acids is 3. The lowest BCUT2D eigenvalue weighted by Gasteiger charge is -2.34. The van der Waals surface area contributed by atoms with Gasteiger partial charge in [0.05, 0.1) is 6.54 Å². The predicted molar refractivity (Wildman–Crippen MR) is 81.9 cm³/mol. The van der Waals surface area contributed by atoms with Crippen molar-refractivity contribution in [2.24, 2.45) is 0 Å². The van der Waals surface area contributed by atoms with Crippen LogP contribution in [0.5, 0.6) is 0 Å². The van der Waals surface area contributed by atoms with Gasteiger partial charge in [-0.25, -0.2) is 13.6 Å². The molecule has 5 nitrogen and oxygen atoms in total. The van der Waals surface area contributed by atoms with E-state index in [1.165, 1.54) is 0 Å². The summed E-state index contributed by atoms with van der Waals surface area (Å²) in [6, 6.07) is 6.11. The third-order valence-electron chi connectivity index (χ3n) is 4.76. The van der Waals surface area contributed by atoms with Gasteiger partial charge in [-0.15, -0.1) is 0 Å². The minimum atomic E-state index is -2.80. The number of Topliss-reactive ketones (excluding diaryl/α,β-unsaturated/α-hetero) is 1. The van der Waals surface area contributed by atoms with Crippen molar-refractivity contribution >= 4 is 17.7 Å². The average Bonchev–Trinajstić information content (AvgIpc) is 2.76. The quantitative estimate of drug-likeness (QED) is 0.682. The van der Waals surface area contributed by atoms with Crippen LogP contribution >= 0.6 is 0 Å². The molecule has 7 heteroatoms. The first-order chi connectivity index (χ1) is 11.2. The van der Waals surface area contributed by atoms with Crippen LogP contribution in [-0.2, 0) is 4.79 Å². The average molecular weight is 336 g/mol. The molecule has 1 saturated heterocycles. The highest BCUT2D eigenvalue weighted by Crippen LogP contribution is 2.41. The van der Waals surface area contributed by atoms with Gasteiger partial charge in [0, 0.05) is 18.4 Å². The number of ketones is 1. The normalized spacial score (nSPS) is 21.9. The molecule has 0 aromatic heterocycles. The van der Waals surface area contributed by atoms with Gasteiger partial charge in [0.1, 0.15) is 5.54 Å². The molecule has 1 aliphatic carbocycles. The van der Waals surface area contributed by atoms with Crippen LogP contribution in [0.25, 0.3) is 0 Å². The van der Waals surface area contributed by atoms with Gasteiger partial charge in [-0.3, -0.25) is 14.5 Å². The fourth-order valence-electron chi connectivity index (χ4n) is 3.18. The Labute approximate surface area is 138 Å². The second-order valence-electron chi connectivity index (χ2n) is 6.55. The molecule has 1 aliphatic heterocycles. The molecule has 128 valence electrons. The van der Waals surface area contributed by atoms with Crippen molar-refractivity contribution in [3.8, 4) is 0 Å². The van der Waals surface area contributed by atoms with Crippen molar-refractivity contribution in [2.45, 2.75) is 44.1 Å². The van der Waals surface area contributed by atoms with E-state index in [4.69, 9.17) is 0 Å². The fraction of sp³-hybridized carbons (Fsp3) is 0.471. The molecule has 1 heterocycles. The van der Waals surface area contributed by atoms with Crippen molar-refractivity contribution < 1.29 is 23.2 Å². The maximum absolute atomic E-state index is 13.3. The molecule has 1 N–H and O–H groups in total. The minimum absolute atomic E-state index is 0.111. The zero-order valence-electron chi connectivity index (χ0n) is 13.3. The van der Waals surface area contributed by atoms with Crippen LogP contribution in [-0.4, -0.2) is 40.6 Å². The van der Waals surface area contributed by atoms with E-state index in [1.807, 2.05) is 6.92 Å². The van der Waals surface area contributed by atoms with Gasteiger partial charge in [-0.2, -0.15) is 0 Å². The van der Waals surface area contributed by atoms with Gasteiger partial charge < -0.3 is 5.32 Å². The number of aryl methyl sites for hydroxylation is 1. The molecule has 3 amide bonds. The zero-order chi connectivity index (χ0) is 17.5. The molecule has 0 radical (unpaired) electrons. The van der Waals surface area contributed by atoms with Gasteiger partial charge in [0.15, 0.2) is 5.78 Å². The number of rotatable bonds is 3. The molecular weight excluding hydrogens is 318 g/mol. The molecular formula is C17H18F2N2O3. The molecule has 1 spiro atoms. The molecule has 1 aromatic carbocycles.